The second-order valence-corrected chi connectivity index (χ2v) is 3.67. The predicted molar refractivity (Wildman–Crippen MR) is 56.5 cm³/mol. The van der Waals surface area contributed by atoms with Crippen molar-refractivity contribution in [2.24, 2.45) is 0 Å². The highest BCUT2D eigenvalue weighted by Gasteiger charge is 2.10. The predicted octanol–water partition coefficient (Wildman–Crippen LogP) is 2.75. The Kier molecular flexibility index (Phi) is 5.77. The van der Waals surface area contributed by atoms with Crippen LogP contribution in [0.4, 0.5) is 17.6 Å². The van der Waals surface area contributed by atoms with Crippen molar-refractivity contribution < 1.29 is 27.1 Å². The van der Waals surface area contributed by atoms with Gasteiger partial charge in [-0.05, 0) is 11.6 Å². The van der Waals surface area contributed by atoms with E-state index >= 15 is 0 Å². The van der Waals surface area contributed by atoms with Gasteiger partial charge in [-0.1, -0.05) is 6.07 Å². The van der Waals surface area contributed by atoms with Crippen LogP contribution in [0.1, 0.15) is 12.0 Å². The highest BCUT2D eigenvalue weighted by molar-refractivity contribution is 5.80. The third-order valence-electron chi connectivity index (χ3n) is 2.17. The number of ether oxygens (including phenoxy) is 1. The minimum absolute atomic E-state index is 0.0789. The van der Waals surface area contributed by atoms with Crippen molar-refractivity contribution in [1.29, 1.82) is 0 Å². The molecule has 100 valence electrons. The Morgan fingerprint density at radius 1 is 1.28 bits per heavy atom. The van der Waals surface area contributed by atoms with Crippen LogP contribution in [0.3, 0.4) is 0 Å². The lowest BCUT2D eigenvalue weighted by Gasteiger charge is -2.04. The topological polar surface area (TPSA) is 26.3 Å². The third-order valence-corrected chi connectivity index (χ3v) is 2.17. The van der Waals surface area contributed by atoms with E-state index in [9.17, 15) is 22.4 Å². The number of carbonyl (C=O) groups is 1. The average Bonchev–Trinajstić information content (AvgIpc) is 2.28. The van der Waals surface area contributed by atoms with Gasteiger partial charge in [-0.15, -0.1) is 0 Å². The minimum Gasteiger partial charge on any atom is -0.375 e. The van der Waals surface area contributed by atoms with Crippen LogP contribution in [-0.2, 0) is 16.0 Å². The van der Waals surface area contributed by atoms with Crippen molar-refractivity contribution in [3.05, 3.63) is 35.4 Å². The van der Waals surface area contributed by atoms with Crippen LogP contribution in [-0.4, -0.2) is 25.4 Å². The highest BCUT2D eigenvalue weighted by atomic mass is 19.3. The molecule has 0 fully saturated rings. The normalized spacial score (nSPS) is 10.9. The van der Waals surface area contributed by atoms with E-state index in [4.69, 9.17) is 0 Å². The molecule has 0 aliphatic heterocycles. The van der Waals surface area contributed by atoms with Crippen LogP contribution in [0.2, 0.25) is 0 Å². The fourth-order valence-electron chi connectivity index (χ4n) is 1.32. The van der Waals surface area contributed by atoms with Gasteiger partial charge in [0.25, 0.3) is 6.43 Å². The molecule has 0 N–H and O–H groups in total. The molecule has 1 rings (SSSR count). The van der Waals surface area contributed by atoms with E-state index in [1.54, 1.807) is 0 Å². The summed E-state index contributed by atoms with van der Waals surface area (Å²) in [5.74, 6) is -1.87. The number of rotatable bonds is 7. The van der Waals surface area contributed by atoms with Crippen molar-refractivity contribution in [2.45, 2.75) is 19.3 Å². The number of hydrogen-bond acceptors (Lipinski definition) is 2. The molecule has 0 aliphatic carbocycles. The van der Waals surface area contributed by atoms with E-state index in [0.29, 0.717) is 6.07 Å². The van der Waals surface area contributed by atoms with E-state index < -0.39 is 24.7 Å². The van der Waals surface area contributed by atoms with E-state index in [-0.39, 0.29) is 30.8 Å². The van der Waals surface area contributed by atoms with Gasteiger partial charge in [-0.3, -0.25) is 4.79 Å². The van der Waals surface area contributed by atoms with E-state index in [0.717, 1.165) is 6.07 Å². The van der Waals surface area contributed by atoms with E-state index in [2.05, 4.69) is 4.74 Å². The zero-order chi connectivity index (χ0) is 13.5. The smallest absolute Gasteiger partial charge is 0.261 e. The van der Waals surface area contributed by atoms with Gasteiger partial charge in [-0.25, -0.2) is 17.6 Å². The Bertz CT molecular complexity index is 407. The molecule has 0 amide bonds. The van der Waals surface area contributed by atoms with Crippen molar-refractivity contribution in [1.82, 2.24) is 0 Å². The molecule has 2 nitrogen and oxygen atoms in total. The van der Waals surface area contributed by atoms with Gasteiger partial charge in [0.15, 0.2) is 0 Å². The van der Waals surface area contributed by atoms with Gasteiger partial charge in [0, 0.05) is 18.9 Å². The summed E-state index contributed by atoms with van der Waals surface area (Å²) in [6, 6.07) is 2.93. The molecule has 0 bridgehead atoms. The first-order valence-corrected chi connectivity index (χ1v) is 5.30. The van der Waals surface area contributed by atoms with Gasteiger partial charge in [0.1, 0.15) is 24.0 Å². The first kappa shape index (κ1) is 14.6. The zero-order valence-corrected chi connectivity index (χ0v) is 9.47. The fourth-order valence-corrected chi connectivity index (χ4v) is 1.32. The maximum absolute atomic E-state index is 13.2. The highest BCUT2D eigenvalue weighted by Crippen LogP contribution is 2.11. The number of carbonyl (C=O) groups excluding carboxylic acids is 1. The Morgan fingerprint density at radius 2 is 2.00 bits per heavy atom. The minimum atomic E-state index is -2.57. The second-order valence-electron chi connectivity index (χ2n) is 3.67. The molecule has 1 aromatic carbocycles. The van der Waals surface area contributed by atoms with Crippen LogP contribution in [0.15, 0.2) is 18.2 Å². The van der Waals surface area contributed by atoms with Gasteiger partial charge < -0.3 is 4.74 Å². The molecule has 0 unspecified atom stereocenters. The number of benzene rings is 1. The van der Waals surface area contributed by atoms with Crippen LogP contribution < -0.4 is 0 Å². The molecule has 0 aromatic heterocycles. The van der Waals surface area contributed by atoms with Crippen LogP contribution in [0.5, 0.6) is 0 Å². The molecule has 0 heterocycles. The summed E-state index contributed by atoms with van der Waals surface area (Å²) in [6.45, 7) is -0.857. The zero-order valence-electron chi connectivity index (χ0n) is 9.47. The monoisotopic (exact) mass is 264 g/mol. The van der Waals surface area contributed by atoms with Crippen molar-refractivity contribution in [2.75, 3.05) is 13.2 Å². The standard InChI is InChI=1S/C12H12F4O2/c13-9-2-1-8(11(14)6-9)5-10(17)3-4-18-7-12(15)16/h1-2,6,12H,3-5,7H2. The number of ketones is 1. The van der Waals surface area contributed by atoms with Crippen LogP contribution >= 0.6 is 0 Å². The maximum atomic E-state index is 13.2. The summed E-state index contributed by atoms with van der Waals surface area (Å²) in [7, 11) is 0. The number of alkyl halides is 2. The maximum Gasteiger partial charge on any atom is 0.261 e. The summed E-state index contributed by atoms with van der Waals surface area (Å²) in [5, 5.41) is 0. The molecule has 0 saturated heterocycles. The third kappa shape index (κ3) is 5.27. The van der Waals surface area contributed by atoms with Gasteiger partial charge in [0.2, 0.25) is 0 Å². The van der Waals surface area contributed by atoms with Crippen molar-refractivity contribution in [3.8, 4) is 0 Å². The lowest BCUT2D eigenvalue weighted by atomic mass is 10.1. The molecule has 0 saturated carbocycles. The molecule has 0 radical (unpaired) electrons. The second kappa shape index (κ2) is 7.10. The Morgan fingerprint density at radius 3 is 2.61 bits per heavy atom. The van der Waals surface area contributed by atoms with Gasteiger partial charge in [-0.2, -0.15) is 0 Å². The fraction of sp³-hybridized carbons (Fsp3) is 0.417. The molecule has 0 atom stereocenters. The molecular weight excluding hydrogens is 252 g/mol. The molecule has 0 aliphatic rings. The average molecular weight is 264 g/mol. The molecule has 18 heavy (non-hydrogen) atoms. The SMILES string of the molecule is O=C(CCOCC(F)F)Cc1ccc(F)cc1F. The summed E-state index contributed by atoms with van der Waals surface area (Å²) >= 11 is 0. The molecule has 0 spiro atoms. The van der Waals surface area contributed by atoms with E-state index in [1.807, 2.05) is 0 Å². The first-order chi connectivity index (χ1) is 8.49. The van der Waals surface area contributed by atoms with Gasteiger partial charge in [0.05, 0.1) is 6.61 Å². The first-order valence-electron chi connectivity index (χ1n) is 5.30. The van der Waals surface area contributed by atoms with Crippen molar-refractivity contribution in [3.63, 3.8) is 0 Å². The molecule has 6 heteroatoms. The summed E-state index contributed by atoms with van der Waals surface area (Å²) in [5.41, 5.74) is 0.0789. The molecule has 1 aromatic rings. The number of halogens is 4. The van der Waals surface area contributed by atoms with E-state index in [1.165, 1.54) is 6.07 Å². The summed E-state index contributed by atoms with van der Waals surface area (Å²) < 4.78 is 53.7. The summed E-state index contributed by atoms with van der Waals surface area (Å²) in [4.78, 5) is 11.4. The van der Waals surface area contributed by atoms with Crippen molar-refractivity contribution >= 4 is 5.78 Å². The lowest BCUT2D eigenvalue weighted by Crippen LogP contribution is -2.11. The Labute approximate surface area is 102 Å². The number of Topliss-reactive ketones (excluding diaryl/α,β-unsaturated/α-hetero) is 1. The Balaban J connectivity index is 2.35. The lowest BCUT2D eigenvalue weighted by molar-refractivity contribution is -0.119. The Hall–Kier alpha value is -1.43. The van der Waals surface area contributed by atoms with Crippen LogP contribution in [0.25, 0.3) is 0 Å². The van der Waals surface area contributed by atoms with Crippen LogP contribution in [0, 0.1) is 11.6 Å². The molecular formula is C12H12F4O2. The largest absolute Gasteiger partial charge is 0.375 e. The van der Waals surface area contributed by atoms with Gasteiger partial charge >= 0.3 is 0 Å². The summed E-state index contributed by atoms with van der Waals surface area (Å²) in [6.07, 6.45) is -2.86. The quantitative estimate of drug-likeness (QED) is 0.559. The number of hydrogen-bond donors (Lipinski definition) is 0.